The van der Waals surface area contributed by atoms with Gasteiger partial charge in [-0.25, -0.2) is 0 Å². The molecule has 1 heterocycles. The van der Waals surface area contributed by atoms with E-state index in [1.165, 1.54) is 0 Å². The number of hydrogen-bond acceptors (Lipinski definition) is 3. The van der Waals surface area contributed by atoms with Gasteiger partial charge < -0.3 is 11.1 Å². The van der Waals surface area contributed by atoms with Crippen LogP contribution >= 0.6 is 0 Å². The van der Waals surface area contributed by atoms with E-state index in [0.29, 0.717) is 0 Å². The van der Waals surface area contributed by atoms with Crippen LogP contribution < -0.4 is 11.1 Å². The van der Waals surface area contributed by atoms with Gasteiger partial charge in [-0.05, 0) is 6.54 Å². The van der Waals surface area contributed by atoms with Crippen molar-refractivity contribution in [3.63, 3.8) is 0 Å². The highest BCUT2D eigenvalue weighted by atomic mass is 15.3. The molecule has 3 N–H and O–H groups in total. The van der Waals surface area contributed by atoms with Crippen LogP contribution in [-0.4, -0.2) is 37.2 Å². The first-order valence-electron chi connectivity index (χ1n) is 4.05. The van der Waals surface area contributed by atoms with Gasteiger partial charge in [-0.15, -0.1) is 13.2 Å². The third kappa shape index (κ3) is 3.51. The summed E-state index contributed by atoms with van der Waals surface area (Å²) in [4.78, 5) is 2.27. The largest absolute Gasteiger partial charge is 0.315 e. The molecule has 1 atom stereocenters. The Morgan fingerprint density at radius 2 is 2.27 bits per heavy atom. The van der Waals surface area contributed by atoms with E-state index in [0.717, 1.165) is 26.2 Å². The van der Waals surface area contributed by atoms with Crippen LogP contribution in [0.4, 0.5) is 0 Å². The normalized spacial score (nSPS) is 25.5. The zero-order chi connectivity index (χ0) is 8.69. The lowest BCUT2D eigenvalue weighted by molar-refractivity contribution is 0.174. The summed E-state index contributed by atoms with van der Waals surface area (Å²) in [6.45, 7) is 12.3. The lowest BCUT2D eigenvalue weighted by Gasteiger charge is -2.32. The van der Waals surface area contributed by atoms with Gasteiger partial charge in [-0.3, -0.25) is 4.90 Å². The van der Waals surface area contributed by atoms with Crippen LogP contribution in [0, 0.1) is 0 Å². The summed E-state index contributed by atoms with van der Waals surface area (Å²) in [5.41, 5.74) is 5.75. The molecule has 0 spiro atoms. The molecule has 66 valence electrons. The van der Waals surface area contributed by atoms with Gasteiger partial charge in [0.25, 0.3) is 0 Å². The van der Waals surface area contributed by atoms with E-state index in [-0.39, 0.29) is 6.17 Å². The Hall–Kier alpha value is -0.380. The number of nitrogens with zero attached hydrogens (tertiary/aromatic N) is 1. The van der Waals surface area contributed by atoms with Gasteiger partial charge >= 0.3 is 0 Å². The van der Waals surface area contributed by atoms with Crippen LogP contribution in [0.25, 0.3) is 0 Å². The van der Waals surface area contributed by atoms with Crippen LogP contribution in [0.15, 0.2) is 13.2 Å². The molecule has 0 aromatic rings. The Bertz CT molecular complexity index is 95.3. The highest BCUT2D eigenvalue weighted by molar-refractivity contribution is 4.73. The molecule has 0 aromatic carbocycles. The van der Waals surface area contributed by atoms with Crippen LogP contribution in [0.5, 0.6) is 0 Å². The minimum Gasteiger partial charge on any atom is -0.315 e. The summed E-state index contributed by atoms with van der Waals surface area (Å²) in [6.07, 6.45) is 0.240. The van der Waals surface area contributed by atoms with Crippen molar-refractivity contribution in [2.45, 2.75) is 13.1 Å². The van der Waals surface area contributed by atoms with Crippen molar-refractivity contribution in [3.05, 3.63) is 13.2 Å². The first-order chi connectivity index (χ1) is 5.34. The maximum Gasteiger partial charge on any atom is 0.0700 e. The standard InChI is InChI=1S/C6H15N3.C2H4/c1-2-9-4-3-8-5-6(9)7;1-2/h6,8H,2-5,7H2,1H3;1-2H2. The first-order valence-corrected chi connectivity index (χ1v) is 4.05. The highest BCUT2D eigenvalue weighted by Gasteiger charge is 2.14. The molecule has 1 fully saturated rings. The summed E-state index contributed by atoms with van der Waals surface area (Å²) in [7, 11) is 0. The molecule has 3 nitrogen and oxygen atoms in total. The predicted molar refractivity (Wildman–Crippen MR) is 49.3 cm³/mol. The third-order valence-corrected chi connectivity index (χ3v) is 1.80. The monoisotopic (exact) mass is 157 g/mol. The predicted octanol–water partition coefficient (Wildman–Crippen LogP) is -0.00150. The van der Waals surface area contributed by atoms with Crippen LogP contribution in [0.1, 0.15) is 6.92 Å². The number of rotatable bonds is 1. The molecule has 1 unspecified atom stereocenters. The van der Waals surface area contributed by atoms with E-state index in [1.807, 2.05) is 0 Å². The molecule has 0 aromatic heterocycles. The summed E-state index contributed by atoms with van der Waals surface area (Å²) in [6, 6.07) is 0. The SMILES string of the molecule is C=C.CCN1CCNCC1N. The Labute approximate surface area is 69.3 Å². The molecule has 0 aliphatic carbocycles. The average molecular weight is 157 g/mol. The molecule has 0 saturated carbocycles. The second kappa shape index (κ2) is 6.34. The Balaban J connectivity index is 0.000000461. The molecule has 3 heteroatoms. The number of likely N-dealkylation sites (N-methyl/N-ethyl adjacent to an activating group) is 1. The fourth-order valence-electron chi connectivity index (χ4n) is 1.16. The molecule has 0 amide bonds. The Morgan fingerprint density at radius 3 is 2.64 bits per heavy atom. The van der Waals surface area contributed by atoms with Crippen molar-refractivity contribution in [3.8, 4) is 0 Å². The lowest BCUT2D eigenvalue weighted by atomic mass is 10.3. The van der Waals surface area contributed by atoms with Gasteiger partial charge in [0.05, 0.1) is 6.17 Å². The van der Waals surface area contributed by atoms with Gasteiger partial charge in [-0.1, -0.05) is 6.92 Å². The summed E-state index contributed by atoms with van der Waals surface area (Å²) >= 11 is 0. The van der Waals surface area contributed by atoms with Crippen molar-refractivity contribution >= 4 is 0 Å². The van der Waals surface area contributed by atoms with Gasteiger partial charge in [0.2, 0.25) is 0 Å². The Kier molecular flexibility index (Phi) is 6.12. The molecule has 11 heavy (non-hydrogen) atoms. The van der Waals surface area contributed by atoms with Crippen molar-refractivity contribution < 1.29 is 0 Å². The van der Waals surface area contributed by atoms with Crippen molar-refractivity contribution in [2.75, 3.05) is 26.2 Å². The first kappa shape index (κ1) is 10.6. The zero-order valence-electron chi connectivity index (χ0n) is 7.34. The summed E-state index contributed by atoms with van der Waals surface area (Å²) in [5.74, 6) is 0. The molecule has 1 rings (SSSR count). The fraction of sp³-hybridized carbons (Fsp3) is 0.750. The Morgan fingerprint density at radius 1 is 1.64 bits per heavy atom. The van der Waals surface area contributed by atoms with Crippen LogP contribution in [-0.2, 0) is 0 Å². The van der Waals surface area contributed by atoms with Crippen molar-refractivity contribution in [1.82, 2.24) is 10.2 Å². The van der Waals surface area contributed by atoms with E-state index >= 15 is 0 Å². The number of hydrogen-bond donors (Lipinski definition) is 2. The van der Waals surface area contributed by atoms with E-state index in [4.69, 9.17) is 5.73 Å². The van der Waals surface area contributed by atoms with Gasteiger partial charge in [0.1, 0.15) is 0 Å². The smallest absolute Gasteiger partial charge is 0.0700 e. The molecule has 0 radical (unpaired) electrons. The molecule has 1 aliphatic heterocycles. The second-order valence-electron chi connectivity index (χ2n) is 2.40. The van der Waals surface area contributed by atoms with Gasteiger partial charge in [0, 0.05) is 19.6 Å². The molecule has 0 bridgehead atoms. The molecular weight excluding hydrogens is 138 g/mol. The average Bonchev–Trinajstić information content (AvgIpc) is 2.09. The number of nitrogens with one attached hydrogen (secondary N) is 1. The summed E-state index contributed by atoms with van der Waals surface area (Å²) in [5, 5.41) is 3.23. The second-order valence-corrected chi connectivity index (χ2v) is 2.40. The third-order valence-electron chi connectivity index (χ3n) is 1.80. The van der Waals surface area contributed by atoms with E-state index in [9.17, 15) is 0 Å². The van der Waals surface area contributed by atoms with Crippen molar-refractivity contribution in [2.24, 2.45) is 5.73 Å². The van der Waals surface area contributed by atoms with Crippen LogP contribution in [0.3, 0.4) is 0 Å². The minimum absolute atomic E-state index is 0.240. The summed E-state index contributed by atoms with van der Waals surface area (Å²) < 4.78 is 0. The quantitative estimate of drug-likeness (QED) is 0.526. The number of piperazine rings is 1. The van der Waals surface area contributed by atoms with E-state index < -0.39 is 0 Å². The lowest BCUT2D eigenvalue weighted by Crippen LogP contribution is -2.55. The highest BCUT2D eigenvalue weighted by Crippen LogP contribution is 1.94. The molecule has 1 aliphatic rings. The maximum atomic E-state index is 5.75. The number of nitrogens with two attached hydrogens (primary N) is 1. The van der Waals surface area contributed by atoms with E-state index in [2.05, 4.69) is 30.3 Å². The van der Waals surface area contributed by atoms with Crippen molar-refractivity contribution in [1.29, 1.82) is 0 Å². The van der Waals surface area contributed by atoms with Gasteiger partial charge in [-0.2, -0.15) is 0 Å². The fourth-order valence-corrected chi connectivity index (χ4v) is 1.16. The minimum atomic E-state index is 0.240. The molecular formula is C8H19N3. The van der Waals surface area contributed by atoms with Gasteiger partial charge in [0.15, 0.2) is 0 Å². The zero-order valence-corrected chi connectivity index (χ0v) is 7.34. The maximum absolute atomic E-state index is 5.75. The van der Waals surface area contributed by atoms with Crippen LogP contribution in [0.2, 0.25) is 0 Å². The molecule has 1 saturated heterocycles. The van der Waals surface area contributed by atoms with E-state index in [1.54, 1.807) is 0 Å². The topological polar surface area (TPSA) is 41.3 Å².